The number of piperidine rings is 2. The molecule has 1 aromatic heterocycles. The van der Waals surface area contributed by atoms with Gasteiger partial charge in [0.1, 0.15) is 12.4 Å². The molecule has 154 valence electrons. The zero-order valence-electron chi connectivity index (χ0n) is 16.4. The molecule has 1 N–H and O–H groups in total. The maximum absolute atomic E-state index is 12.8. The normalized spacial score (nSPS) is 27.8. The first-order chi connectivity index (χ1) is 13.5. The van der Waals surface area contributed by atoms with Crippen LogP contribution < -0.4 is 0 Å². The number of furan rings is 1. The SMILES string of the molecule is COCc1ccc(C(=O)N2CC[C@@]3(O)CCN(C(=O)N4CCCC4)C[C@H]3C2)o1. The van der Waals surface area contributed by atoms with E-state index >= 15 is 0 Å². The molecule has 0 aliphatic carbocycles. The van der Waals surface area contributed by atoms with Crippen LogP contribution in [0.15, 0.2) is 16.5 Å². The summed E-state index contributed by atoms with van der Waals surface area (Å²) in [5.74, 6) is 0.587. The molecule has 0 aromatic carbocycles. The molecule has 4 rings (SSSR count). The number of methoxy groups -OCH3 is 1. The zero-order valence-corrected chi connectivity index (χ0v) is 16.4. The van der Waals surface area contributed by atoms with E-state index in [-0.39, 0.29) is 17.9 Å². The number of fused-ring (bicyclic) bond motifs is 1. The van der Waals surface area contributed by atoms with Crippen molar-refractivity contribution in [3.05, 3.63) is 23.7 Å². The van der Waals surface area contributed by atoms with Gasteiger partial charge in [0.05, 0.1) is 5.60 Å². The highest BCUT2D eigenvalue weighted by Gasteiger charge is 2.47. The molecule has 3 aliphatic heterocycles. The summed E-state index contributed by atoms with van der Waals surface area (Å²) in [5, 5.41) is 11.1. The second-order valence-electron chi connectivity index (χ2n) is 8.17. The molecule has 8 nitrogen and oxygen atoms in total. The van der Waals surface area contributed by atoms with Gasteiger partial charge in [-0.3, -0.25) is 4.79 Å². The van der Waals surface area contributed by atoms with Crippen LogP contribution in [0.3, 0.4) is 0 Å². The molecule has 0 unspecified atom stereocenters. The Kier molecular flexibility index (Phi) is 5.33. The van der Waals surface area contributed by atoms with Crippen LogP contribution in [0.5, 0.6) is 0 Å². The van der Waals surface area contributed by atoms with Crippen molar-refractivity contribution in [3.8, 4) is 0 Å². The summed E-state index contributed by atoms with van der Waals surface area (Å²) < 4.78 is 10.6. The Hall–Kier alpha value is -2.06. The van der Waals surface area contributed by atoms with Crippen molar-refractivity contribution in [2.75, 3.05) is 46.4 Å². The molecule has 3 amide bonds. The Balaban J connectivity index is 1.42. The average molecular weight is 391 g/mol. The molecule has 1 aromatic rings. The van der Waals surface area contributed by atoms with Gasteiger partial charge in [0.25, 0.3) is 5.91 Å². The topological polar surface area (TPSA) is 86.5 Å². The monoisotopic (exact) mass is 391 g/mol. The van der Waals surface area contributed by atoms with E-state index in [1.54, 1.807) is 24.1 Å². The third-order valence-corrected chi connectivity index (χ3v) is 6.36. The fourth-order valence-corrected chi connectivity index (χ4v) is 4.64. The van der Waals surface area contributed by atoms with Gasteiger partial charge in [-0.05, 0) is 37.8 Å². The van der Waals surface area contributed by atoms with Crippen molar-refractivity contribution in [3.63, 3.8) is 0 Å². The average Bonchev–Trinajstić information content (AvgIpc) is 3.38. The zero-order chi connectivity index (χ0) is 19.7. The number of amides is 3. The first kappa shape index (κ1) is 19.3. The fourth-order valence-electron chi connectivity index (χ4n) is 4.64. The number of ether oxygens (including phenoxy) is 1. The van der Waals surface area contributed by atoms with E-state index < -0.39 is 5.60 Å². The van der Waals surface area contributed by atoms with Crippen LogP contribution in [-0.2, 0) is 11.3 Å². The smallest absolute Gasteiger partial charge is 0.320 e. The van der Waals surface area contributed by atoms with E-state index in [0.29, 0.717) is 57.1 Å². The van der Waals surface area contributed by atoms with Gasteiger partial charge < -0.3 is 29.0 Å². The number of urea groups is 1. The van der Waals surface area contributed by atoms with Gasteiger partial charge >= 0.3 is 6.03 Å². The quantitative estimate of drug-likeness (QED) is 0.845. The maximum Gasteiger partial charge on any atom is 0.320 e. The summed E-state index contributed by atoms with van der Waals surface area (Å²) in [6, 6.07) is 3.48. The second-order valence-corrected chi connectivity index (χ2v) is 8.17. The highest BCUT2D eigenvalue weighted by molar-refractivity contribution is 5.91. The standard InChI is InChI=1S/C20H29N3O5/c1-27-14-16-4-5-17(28-16)18(24)22-10-6-20(26)7-11-23(13-15(20)12-22)19(25)21-8-2-3-9-21/h4-5,15,26H,2-3,6-14H2,1H3/t15-,20-/m1/s1. The van der Waals surface area contributed by atoms with Crippen LogP contribution >= 0.6 is 0 Å². The summed E-state index contributed by atoms with van der Waals surface area (Å²) in [5.41, 5.74) is -0.803. The Morgan fingerprint density at radius 3 is 2.50 bits per heavy atom. The minimum Gasteiger partial charge on any atom is -0.453 e. The van der Waals surface area contributed by atoms with Crippen LogP contribution in [0.25, 0.3) is 0 Å². The number of hydrogen-bond acceptors (Lipinski definition) is 5. The van der Waals surface area contributed by atoms with Gasteiger partial charge in [0.2, 0.25) is 0 Å². The molecule has 0 radical (unpaired) electrons. The number of rotatable bonds is 3. The van der Waals surface area contributed by atoms with Crippen molar-refractivity contribution in [2.45, 2.75) is 37.9 Å². The Bertz CT molecular complexity index is 729. The van der Waals surface area contributed by atoms with E-state index in [9.17, 15) is 14.7 Å². The molecule has 4 heterocycles. The van der Waals surface area contributed by atoms with Crippen molar-refractivity contribution in [1.82, 2.24) is 14.7 Å². The molecular weight excluding hydrogens is 362 g/mol. The molecule has 2 atom stereocenters. The third-order valence-electron chi connectivity index (χ3n) is 6.36. The summed E-state index contributed by atoms with van der Waals surface area (Å²) in [6.07, 6.45) is 3.21. The number of hydrogen-bond donors (Lipinski definition) is 1. The molecular formula is C20H29N3O5. The Morgan fingerprint density at radius 2 is 1.79 bits per heavy atom. The molecule has 0 bridgehead atoms. The van der Waals surface area contributed by atoms with Crippen molar-refractivity contribution >= 4 is 11.9 Å². The molecule has 0 spiro atoms. The fraction of sp³-hybridized carbons (Fsp3) is 0.700. The first-order valence-electron chi connectivity index (χ1n) is 10.1. The molecule has 3 fully saturated rings. The second kappa shape index (κ2) is 7.75. The first-order valence-corrected chi connectivity index (χ1v) is 10.1. The van der Waals surface area contributed by atoms with E-state index in [0.717, 1.165) is 25.9 Å². The minimum atomic E-state index is -0.803. The van der Waals surface area contributed by atoms with Gasteiger partial charge in [-0.2, -0.15) is 0 Å². The number of aliphatic hydroxyl groups is 1. The number of likely N-dealkylation sites (tertiary alicyclic amines) is 3. The summed E-state index contributed by atoms with van der Waals surface area (Å²) in [7, 11) is 1.58. The lowest BCUT2D eigenvalue weighted by Crippen LogP contribution is -2.62. The largest absolute Gasteiger partial charge is 0.453 e. The van der Waals surface area contributed by atoms with E-state index in [1.165, 1.54) is 0 Å². The van der Waals surface area contributed by atoms with Gasteiger partial charge in [0, 0.05) is 52.3 Å². The van der Waals surface area contributed by atoms with Crippen molar-refractivity contribution < 1.29 is 23.8 Å². The van der Waals surface area contributed by atoms with Crippen LogP contribution in [-0.4, -0.2) is 83.7 Å². The number of carbonyl (C=O) groups is 2. The van der Waals surface area contributed by atoms with Gasteiger partial charge in [-0.25, -0.2) is 4.79 Å². The van der Waals surface area contributed by atoms with Gasteiger partial charge in [0.15, 0.2) is 5.76 Å². The van der Waals surface area contributed by atoms with Crippen LogP contribution in [0.4, 0.5) is 4.79 Å². The molecule has 8 heteroatoms. The van der Waals surface area contributed by atoms with Gasteiger partial charge in [-0.15, -0.1) is 0 Å². The van der Waals surface area contributed by atoms with E-state index in [2.05, 4.69) is 0 Å². The third kappa shape index (κ3) is 3.63. The van der Waals surface area contributed by atoms with Crippen molar-refractivity contribution in [2.24, 2.45) is 5.92 Å². The molecule has 28 heavy (non-hydrogen) atoms. The molecule has 0 saturated carbocycles. The summed E-state index contributed by atoms with van der Waals surface area (Å²) in [4.78, 5) is 31.1. The lowest BCUT2D eigenvalue weighted by atomic mass is 9.75. The van der Waals surface area contributed by atoms with Crippen LogP contribution in [0.1, 0.15) is 42.0 Å². The van der Waals surface area contributed by atoms with Gasteiger partial charge in [-0.1, -0.05) is 0 Å². The molecule has 3 aliphatic rings. The number of nitrogens with zero attached hydrogens (tertiary/aromatic N) is 3. The molecule has 3 saturated heterocycles. The highest BCUT2D eigenvalue weighted by atomic mass is 16.5. The van der Waals surface area contributed by atoms with Crippen LogP contribution in [0.2, 0.25) is 0 Å². The summed E-state index contributed by atoms with van der Waals surface area (Å²) >= 11 is 0. The maximum atomic E-state index is 12.8. The number of carbonyl (C=O) groups excluding carboxylic acids is 2. The van der Waals surface area contributed by atoms with E-state index in [4.69, 9.17) is 9.15 Å². The summed E-state index contributed by atoms with van der Waals surface area (Å²) in [6.45, 7) is 3.95. The minimum absolute atomic E-state index is 0.0678. The lowest BCUT2D eigenvalue weighted by molar-refractivity contribution is -0.101. The Labute approximate surface area is 165 Å². The highest BCUT2D eigenvalue weighted by Crippen LogP contribution is 2.36. The predicted octanol–water partition coefficient (Wildman–Crippen LogP) is 1.54. The van der Waals surface area contributed by atoms with Crippen LogP contribution in [0, 0.1) is 5.92 Å². The lowest BCUT2D eigenvalue weighted by Gasteiger charge is -2.50. The van der Waals surface area contributed by atoms with E-state index in [1.807, 2.05) is 9.80 Å². The van der Waals surface area contributed by atoms with Crippen molar-refractivity contribution in [1.29, 1.82) is 0 Å². The predicted molar refractivity (Wildman–Crippen MR) is 101 cm³/mol. The Morgan fingerprint density at radius 1 is 1.11 bits per heavy atom.